The Hall–Kier alpha value is -1.44. The maximum atomic E-state index is 12.5. The summed E-state index contributed by atoms with van der Waals surface area (Å²) in [6.07, 6.45) is 0. The van der Waals surface area contributed by atoms with E-state index in [2.05, 4.69) is 5.32 Å². The van der Waals surface area contributed by atoms with Crippen LogP contribution in [0.4, 0.5) is 0 Å². The zero-order valence-electron chi connectivity index (χ0n) is 12.1. The number of aryl methyl sites for hydroxylation is 2. The Balaban J connectivity index is 3.31. The van der Waals surface area contributed by atoms with Gasteiger partial charge in [0.25, 0.3) is 0 Å². The Morgan fingerprint density at radius 1 is 1.30 bits per heavy atom. The first kappa shape index (κ1) is 16.6. The van der Waals surface area contributed by atoms with E-state index in [0.717, 1.165) is 0 Å². The Bertz CT molecular complexity index is 611. The van der Waals surface area contributed by atoms with E-state index in [1.165, 1.54) is 17.4 Å². The number of carboxylic acids is 1. The average molecular weight is 300 g/mol. The largest absolute Gasteiger partial charge is 0.478 e. The molecule has 0 saturated carbocycles. The van der Waals surface area contributed by atoms with Gasteiger partial charge in [-0.25, -0.2) is 13.2 Å². The van der Waals surface area contributed by atoms with Gasteiger partial charge in [-0.1, -0.05) is 6.07 Å². The Kier molecular flexibility index (Phi) is 5.27. The van der Waals surface area contributed by atoms with E-state index in [1.807, 2.05) is 0 Å². The topological polar surface area (TPSA) is 86.7 Å². The van der Waals surface area contributed by atoms with Crippen molar-refractivity contribution in [2.45, 2.75) is 18.7 Å². The van der Waals surface area contributed by atoms with Gasteiger partial charge in [0.05, 0.1) is 10.5 Å². The van der Waals surface area contributed by atoms with E-state index in [-0.39, 0.29) is 10.5 Å². The van der Waals surface area contributed by atoms with E-state index in [0.29, 0.717) is 24.2 Å². The second-order valence-corrected chi connectivity index (χ2v) is 6.68. The molecule has 20 heavy (non-hydrogen) atoms. The van der Waals surface area contributed by atoms with E-state index in [9.17, 15) is 13.2 Å². The molecule has 0 aliphatic carbocycles. The van der Waals surface area contributed by atoms with Crippen LogP contribution in [0.3, 0.4) is 0 Å². The number of benzene rings is 1. The number of carboxylic acid groups (broad SMARTS) is 1. The van der Waals surface area contributed by atoms with E-state index >= 15 is 0 Å². The number of sulfonamides is 1. The molecule has 0 radical (unpaired) electrons. The highest BCUT2D eigenvalue weighted by atomic mass is 32.2. The number of nitrogens with one attached hydrogen (secondary N) is 1. The molecule has 0 saturated heterocycles. The van der Waals surface area contributed by atoms with Crippen LogP contribution < -0.4 is 5.32 Å². The van der Waals surface area contributed by atoms with Crippen LogP contribution in [0.2, 0.25) is 0 Å². The zero-order valence-corrected chi connectivity index (χ0v) is 12.9. The number of hydrogen-bond donors (Lipinski definition) is 2. The van der Waals surface area contributed by atoms with Crippen molar-refractivity contribution in [2.75, 3.05) is 27.2 Å². The van der Waals surface area contributed by atoms with Crippen molar-refractivity contribution < 1.29 is 18.3 Å². The van der Waals surface area contributed by atoms with E-state index < -0.39 is 16.0 Å². The molecule has 6 nitrogen and oxygen atoms in total. The maximum absolute atomic E-state index is 12.5. The SMILES string of the molecule is CNCCN(C)S(=O)(=O)c1cc(C(=O)O)c(C)cc1C. The van der Waals surface area contributed by atoms with Gasteiger partial charge in [-0.3, -0.25) is 0 Å². The monoisotopic (exact) mass is 300 g/mol. The maximum Gasteiger partial charge on any atom is 0.335 e. The summed E-state index contributed by atoms with van der Waals surface area (Å²) in [5.41, 5.74) is 1.10. The van der Waals surface area contributed by atoms with Crippen molar-refractivity contribution in [3.63, 3.8) is 0 Å². The van der Waals surface area contributed by atoms with Crippen molar-refractivity contribution in [1.82, 2.24) is 9.62 Å². The van der Waals surface area contributed by atoms with Gasteiger partial charge in [0.15, 0.2) is 0 Å². The van der Waals surface area contributed by atoms with Crippen LogP contribution in [-0.4, -0.2) is 51.0 Å². The lowest BCUT2D eigenvalue weighted by Gasteiger charge is -2.19. The molecular formula is C13H20N2O4S. The first-order valence-corrected chi connectivity index (χ1v) is 7.61. The highest BCUT2D eigenvalue weighted by molar-refractivity contribution is 7.89. The molecule has 0 amide bonds. The molecule has 1 rings (SSSR count). The molecule has 0 spiro atoms. The summed E-state index contributed by atoms with van der Waals surface area (Å²) in [6, 6.07) is 2.82. The normalized spacial score (nSPS) is 11.8. The van der Waals surface area contributed by atoms with Crippen molar-refractivity contribution >= 4 is 16.0 Å². The molecule has 0 heterocycles. The smallest absolute Gasteiger partial charge is 0.335 e. The molecule has 2 N–H and O–H groups in total. The molecule has 1 aromatic carbocycles. The molecule has 0 bridgehead atoms. The number of likely N-dealkylation sites (N-methyl/N-ethyl adjacent to an activating group) is 2. The van der Waals surface area contributed by atoms with Crippen LogP contribution in [0.1, 0.15) is 21.5 Å². The fourth-order valence-electron chi connectivity index (χ4n) is 1.90. The number of carbonyl (C=O) groups is 1. The van der Waals surface area contributed by atoms with Crippen molar-refractivity contribution in [3.05, 3.63) is 28.8 Å². The van der Waals surface area contributed by atoms with E-state index in [4.69, 9.17) is 5.11 Å². The van der Waals surface area contributed by atoms with Crippen LogP contribution >= 0.6 is 0 Å². The van der Waals surface area contributed by atoms with Gasteiger partial charge >= 0.3 is 5.97 Å². The summed E-state index contributed by atoms with van der Waals surface area (Å²) < 4.78 is 26.1. The minimum atomic E-state index is -3.68. The molecule has 1 aromatic rings. The Labute approximate surface area is 119 Å². The summed E-state index contributed by atoms with van der Waals surface area (Å²) in [7, 11) is -0.470. The summed E-state index contributed by atoms with van der Waals surface area (Å²) in [6.45, 7) is 4.15. The summed E-state index contributed by atoms with van der Waals surface area (Å²) >= 11 is 0. The molecule has 112 valence electrons. The summed E-state index contributed by atoms with van der Waals surface area (Å²) in [5.74, 6) is -1.13. The zero-order chi connectivity index (χ0) is 15.5. The fourth-order valence-corrected chi connectivity index (χ4v) is 3.30. The number of nitrogens with zero attached hydrogens (tertiary/aromatic N) is 1. The van der Waals surface area contributed by atoms with Gasteiger partial charge in [-0.15, -0.1) is 0 Å². The highest BCUT2D eigenvalue weighted by Crippen LogP contribution is 2.23. The third-order valence-electron chi connectivity index (χ3n) is 3.12. The lowest BCUT2D eigenvalue weighted by Crippen LogP contribution is -2.33. The minimum absolute atomic E-state index is 0.0104. The molecule has 7 heteroatoms. The van der Waals surface area contributed by atoms with Gasteiger partial charge in [-0.2, -0.15) is 4.31 Å². The van der Waals surface area contributed by atoms with Gasteiger partial charge in [0.1, 0.15) is 0 Å². The van der Waals surface area contributed by atoms with Crippen LogP contribution in [-0.2, 0) is 10.0 Å². The van der Waals surface area contributed by atoms with Gasteiger partial charge in [0, 0.05) is 20.1 Å². The Morgan fingerprint density at radius 3 is 2.40 bits per heavy atom. The van der Waals surface area contributed by atoms with E-state index in [1.54, 1.807) is 27.0 Å². The van der Waals surface area contributed by atoms with Crippen molar-refractivity contribution in [3.8, 4) is 0 Å². The second-order valence-electron chi connectivity index (χ2n) is 4.67. The lowest BCUT2D eigenvalue weighted by atomic mass is 10.1. The molecular weight excluding hydrogens is 280 g/mol. The molecule has 0 atom stereocenters. The average Bonchev–Trinajstić information content (AvgIpc) is 2.34. The van der Waals surface area contributed by atoms with Crippen molar-refractivity contribution in [2.24, 2.45) is 0 Å². The quantitative estimate of drug-likeness (QED) is 0.813. The standard InChI is InChI=1S/C13H20N2O4S/c1-9-7-10(2)12(8-11(9)13(16)17)20(18,19)15(4)6-5-14-3/h7-8,14H,5-6H2,1-4H3,(H,16,17). The van der Waals surface area contributed by atoms with Gasteiger partial charge in [0.2, 0.25) is 10.0 Å². The number of rotatable bonds is 6. The molecule has 0 aliphatic heterocycles. The predicted molar refractivity (Wildman–Crippen MR) is 76.6 cm³/mol. The predicted octanol–water partition coefficient (Wildman–Crippen LogP) is 0.842. The molecule has 0 fully saturated rings. The second kappa shape index (κ2) is 6.34. The van der Waals surface area contributed by atoms with Crippen molar-refractivity contribution in [1.29, 1.82) is 0 Å². The Morgan fingerprint density at radius 2 is 1.90 bits per heavy atom. The number of aromatic carboxylic acids is 1. The summed E-state index contributed by atoms with van der Waals surface area (Å²) in [4.78, 5) is 11.2. The highest BCUT2D eigenvalue weighted by Gasteiger charge is 2.24. The van der Waals surface area contributed by atoms with Crippen LogP contribution in [0.15, 0.2) is 17.0 Å². The molecule has 0 unspecified atom stereocenters. The van der Waals surface area contributed by atoms with Crippen LogP contribution in [0.25, 0.3) is 0 Å². The van der Waals surface area contributed by atoms with Crippen LogP contribution in [0.5, 0.6) is 0 Å². The minimum Gasteiger partial charge on any atom is -0.478 e. The summed E-state index contributed by atoms with van der Waals surface area (Å²) in [5, 5.41) is 12.0. The first-order valence-electron chi connectivity index (χ1n) is 6.17. The lowest BCUT2D eigenvalue weighted by molar-refractivity contribution is 0.0696. The molecule has 0 aromatic heterocycles. The first-order chi connectivity index (χ1) is 9.21. The van der Waals surface area contributed by atoms with Crippen LogP contribution in [0, 0.1) is 13.8 Å². The number of hydrogen-bond acceptors (Lipinski definition) is 4. The third-order valence-corrected chi connectivity index (χ3v) is 5.12. The molecule has 0 aliphatic rings. The fraction of sp³-hybridized carbons (Fsp3) is 0.462. The van der Waals surface area contributed by atoms with Gasteiger partial charge < -0.3 is 10.4 Å². The van der Waals surface area contributed by atoms with Gasteiger partial charge in [-0.05, 0) is 38.1 Å². The third kappa shape index (κ3) is 3.36.